The van der Waals surface area contributed by atoms with E-state index < -0.39 is 18.0 Å². The number of phenolic OH excluding ortho intramolecular Hbond substituents is 1. The van der Waals surface area contributed by atoms with Gasteiger partial charge in [-0.15, -0.1) is 0 Å². The number of oxazole rings is 1. The van der Waals surface area contributed by atoms with Crippen molar-refractivity contribution in [2.24, 2.45) is 5.73 Å². The number of carbonyl (C=O) groups is 1. The number of aryl methyl sites for hydroxylation is 2. The van der Waals surface area contributed by atoms with Crippen molar-refractivity contribution in [2.45, 2.75) is 82.6 Å². The zero-order chi connectivity index (χ0) is 38.5. The molecule has 4 aromatic carbocycles. The lowest BCUT2D eigenvalue weighted by Gasteiger charge is -2.35. The van der Waals surface area contributed by atoms with Crippen molar-refractivity contribution in [3.8, 4) is 16.9 Å². The highest BCUT2D eigenvalue weighted by atomic mass is 19.0. The van der Waals surface area contributed by atoms with Crippen LogP contribution in [0.4, 0.5) is 19.9 Å². The van der Waals surface area contributed by atoms with Gasteiger partial charge in [-0.05, 0) is 97.5 Å². The van der Waals surface area contributed by atoms with E-state index in [4.69, 9.17) is 10.2 Å². The number of H-pyrrole nitrogens is 1. The minimum Gasteiger partial charge on any atom is -0.506 e. The summed E-state index contributed by atoms with van der Waals surface area (Å²) in [7, 11) is 0. The molecule has 7 rings (SSSR count). The van der Waals surface area contributed by atoms with Gasteiger partial charge in [-0.2, -0.15) is 0 Å². The second-order valence-corrected chi connectivity index (χ2v) is 14.5. The third-order valence-electron chi connectivity index (χ3n) is 10.7. The molecule has 57 heavy (non-hydrogen) atoms. The van der Waals surface area contributed by atoms with Crippen LogP contribution in [0.3, 0.4) is 0 Å². The van der Waals surface area contributed by atoms with E-state index in [1.807, 2.05) is 60.7 Å². The van der Waals surface area contributed by atoms with Gasteiger partial charge in [0.15, 0.2) is 5.58 Å². The Morgan fingerprint density at radius 2 is 1.67 bits per heavy atom. The molecule has 6 aromatic rings. The Hall–Kier alpha value is -5.83. The number of rotatable bonds is 14. The first-order chi connectivity index (χ1) is 26.7. The number of phenols is 1. The molecule has 14 heteroatoms. The molecule has 1 aliphatic carbocycles. The number of benzene rings is 4. The molecule has 1 atom stereocenters. The van der Waals surface area contributed by atoms with Gasteiger partial charge in [-0.25, -0.2) is 9.59 Å². The molecule has 1 saturated carbocycles. The topological polar surface area (TPSA) is 187 Å². The average molecular weight is 786 g/mol. The minimum atomic E-state index is -0.949. The van der Waals surface area contributed by atoms with Crippen LogP contribution in [0.1, 0.15) is 67.7 Å². The van der Waals surface area contributed by atoms with E-state index in [1.165, 1.54) is 12.1 Å². The molecular formula is C43H49F2N5O7. The van der Waals surface area contributed by atoms with Gasteiger partial charge >= 0.3 is 11.8 Å². The summed E-state index contributed by atoms with van der Waals surface area (Å²) in [5, 5.41) is 35.3. The normalized spacial score (nSPS) is 15.8. The van der Waals surface area contributed by atoms with Crippen molar-refractivity contribution in [3.05, 3.63) is 129 Å². The van der Waals surface area contributed by atoms with Gasteiger partial charge in [0.1, 0.15) is 5.75 Å². The van der Waals surface area contributed by atoms with E-state index in [9.17, 15) is 29.7 Å². The number of carboxylic acid groups (broad SMARTS) is 1. The highest BCUT2D eigenvalue weighted by Crippen LogP contribution is 2.37. The van der Waals surface area contributed by atoms with E-state index in [0.29, 0.717) is 35.3 Å². The van der Waals surface area contributed by atoms with Crippen LogP contribution in [-0.4, -0.2) is 49.6 Å². The van der Waals surface area contributed by atoms with Gasteiger partial charge in [-0.1, -0.05) is 61.0 Å². The van der Waals surface area contributed by atoms with Crippen LogP contribution < -0.4 is 27.3 Å². The molecule has 0 bridgehead atoms. The molecular weight excluding hydrogens is 736 g/mol. The fourth-order valence-corrected chi connectivity index (χ4v) is 7.83. The van der Waals surface area contributed by atoms with Crippen LogP contribution in [0.15, 0.2) is 105 Å². The molecule has 7 N–H and O–H groups in total. The van der Waals surface area contributed by atoms with E-state index >= 15 is 0 Å². The SMILES string of the molecule is F.F.NC1CCC(N(C(=O)O)c2cc(CCCCCn3c(=O)oc4cc(CNC[C@@H](O)c5ccc(O)c6[nH]c(=O)ccc56)ccc43)ccc2-c2ccccc2)CC1. The Balaban J connectivity index is 0.00000310. The van der Waals surface area contributed by atoms with E-state index in [1.54, 1.807) is 21.6 Å². The number of nitrogens with zero attached hydrogens (tertiary/aromatic N) is 2. The first kappa shape index (κ1) is 42.3. The summed E-state index contributed by atoms with van der Waals surface area (Å²) in [4.78, 5) is 41.5. The average Bonchev–Trinajstić information content (AvgIpc) is 3.49. The monoisotopic (exact) mass is 785 g/mol. The molecule has 1 amide bonds. The summed E-state index contributed by atoms with van der Waals surface area (Å²) in [6.07, 6.45) is 4.54. The Kier molecular flexibility index (Phi) is 14.0. The van der Waals surface area contributed by atoms with Gasteiger partial charge in [-0.3, -0.25) is 23.7 Å². The highest BCUT2D eigenvalue weighted by molar-refractivity contribution is 5.94. The van der Waals surface area contributed by atoms with Gasteiger partial charge in [0.2, 0.25) is 5.56 Å². The van der Waals surface area contributed by atoms with Crippen LogP contribution in [0.2, 0.25) is 0 Å². The van der Waals surface area contributed by atoms with Crippen LogP contribution in [0.5, 0.6) is 5.75 Å². The lowest BCUT2D eigenvalue weighted by molar-refractivity contribution is 0.176. The van der Waals surface area contributed by atoms with Crippen LogP contribution >= 0.6 is 0 Å². The predicted molar refractivity (Wildman–Crippen MR) is 219 cm³/mol. The summed E-state index contributed by atoms with van der Waals surface area (Å²) >= 11 is 0. The third-order valence-corrected chi connectivity index (χ3v) is 10.7. The molecule has 0 spiro atoms. The Bertz CT molecular complexity index is 2410. The van der Waals surface area contributed by atoms with Crippen molar-refractivity contribution in [3.63, 3.8) is 0 Å². The van der Waals surface area contributed by atoms with Gasteiger partial charge in [0, 0.05) is 48.7 Å². The summed E-state index contributed by atoms with van der Waals surface area (Å²) in [6, 6.07) is 27.7. The Morgan fingerprint density at radius 3 is 2.42 bits per heavy atom. The first-order valence-corrected chi connectivity index (χ1v) is 19.0. The van der Waals surface area contributed by atoms with E-state index in [-0.39, 0.29) is 44.9 Å². The molecule has 0 radical (unpaired) electrons. The maximum absolute atomic E-state index is 12.8. The summed E-state index contributed by atoms with van der Waals surface area (Å²) in [6.45, 7) is 1.14. The molecule has 1 fully saturated rings. The van der Waals surface area contributed by atoms with Crippen molar-refractivity contribution < 1.29 is 33.9 Å². The second kappa shape index (κ2) is 18.9. The number of nitrogens with two attached hydrogens (primary N) is 1. The third kappa shape index (κ3) is 9.59. The van der Waals surface area contributed by atoms with Crippen molar-refractivity contribution in [1.82, 2.24) is 14.9 Å². The number of aromatic hydroxyl groups is 1. The Labute approximate surface area is 327 Å². The first-order valence-electron chi connectivity index (χ1n) is 19.0. The zero-order valence-corrected chi connectivity index (χ0v) is 31.4. The number of aromatic nitrogens is 2. The number of hydrogen-bond donors (Lipinski definition) is 6. The van der Waals surface area contributed by atoms with Gasteiger partial charge in [0.05, 0.1) is 22.8 Å². The van der Waals surface area contributed by atoms with E-state index in [2.05, 4.69) is 16.4 Å². The number of aliphatic hydroxyl groups is 1. The van der Waals surface area contributed by atoms with Gasteiger partial charge < -0.3 is 35.8 Å². The molecule has 0 saturated heterocycles. The number of amides is 1. The number of unbranched alkanes of at least 4 members (excludes halogenated alkanes) is 2. The molecule has 12 nitrogen and oxygen atoms in total. The lowest BCUT2D eigenvalue weighted by atomic mass is 9.89. The number of halogens is 2. The molecule has 0 aliphatic heterocycles. The minimum absolute atomic E-state index is 0. The number of aromatic amines is 1. The molecule has 2 aromatic heterocycles. The summed E-state index contributed by atoms with van der Waals surface area (Å²) in [5.74, 6) is -0.476. The molecule has 2 heterocycles. The number of fused-ring (bicyclic) bond motifs is 2. The van der Waals surface area contributed by atoms with Crippen molar-refractivity contribution >= 4 is 33.8 Å². The van der Waals surface area contributed by atoms with Crippen molar-refractivity contribution in [2.75, 3.05) is 11.4 Å². The predicted octanol–water partition coefficient (Wildman–Crippen LogP) is 7.10. The standard InChI is InChI=1S/C43H47N5O7.2FH/c44-30-12-14-31(15-13-30)48(42(52)53)36-23-27(10-16-32(36)29-8-4-1-5-9-29)7-3-2-6-22-47-35-19-11-28(24-39(35)55-43(47)54)25-45-26-38(50)33-17-20-37(49)41-34(33)18-21-40(51)46-41;;/h1,4-5,8-11,16-21,23-24,30-31,38,45,49-50H,2-3,6-7,12-15,22,25-26,44H2,(H,46,51)(H,52,53);2*1H/t30?,31?,38-;;/m1../s1. The van der Waals surface area contributed by atoms with Crippen LogP contribution in [-0.2, 0) is 19.5 Å². The second-order valence-electron chi connectivity index (χ2n) is 14.5. The fraction of sp³-hybridized carbons (Fsp3) is 0.326. The maximum Gasteiger partial charge on any atom is 0.419 e. The Morgan fingerprint density at radius 1 is 0.912 bits per heavy atom. The number of pyridine rings is 1. The maximum atomic E-state index is 12.8. The number of nitrogens with one attached hydrogen (secondary N) is 2. The molecule has 0 unspecified atom stereocenters. The summed E-state index contributed by atoms with van der Waals surface area (Å²) in [5.41, 5.74) is 12.4. The van der Waals surface area contributed by atoms with Crippen LogP contribution in [0.25, 0.3) is 33.1 Å². The summed E-state index contributed by atoms with van der Waals surface area (Å²) < 4.78 is 7.27. The fourth-order valence-electron chi connectivity index (χ4n) is 7.83. The van der Waals surface area contributed by atoms with E-state index in [0.717, 1.165) is 79.1 Å². The number of hydrogen-bond acceptors (Lipinski definition) is 8. The smallest absolute Gasteiger partial charge is 0.419 e. The van der Waals surface area contributed by atoms with Crippen molar-refractivity contribution in [1.29, 1.82) is 0 Å². The number of aliphatic hydroxyl groups excluding tert-OH is 1. The molecule has 1 aliphatic rings. The number of anilines is 1. The molecule has 302 valence electrons. The van der Waals surface area contributed by atoms with Crippen LogP contribution in [0, 0.1) is 0 Å². The quantitative estimate of drug-likeness (QED) is 0.0626. The zero-order valence-electron chi connectivity index (χ0n) is 31.4. The lowest BCUT2D eigenvalue weighted by Crippen LogP contribution is -2.44. The van der Waals surface area contributed by atoms with Gasteiger partial charge in [0.25, 0.3) is 0 Å². The largest absolute Gasteiger partial charge is 0.506 e. The highest BCUT2D eigenvalue weighted by Gasteiger charge is 2.30.